The fraction of sp³-hybridized carbons (Fsp3) is 0.917. The van der Waals surface area contributed by atoms with E-state index in [1.54, 1.807) is 0 Å². The molecule has 0 aliphatic carbocycles. The highest BCUT2D eigenvalue weighted by Crippen LogP contribution is 2.17. The molecule has 0 rings (SSSR count). The molecule has 0 radical (unpaired) electrons. The summed E-state index contributed by atoms with van der Waals surface area (Å²) < 4.78 is 4.71. The van der Waals surface area contributed by atoms with Gasteiger partial charge in [0.25, 0.3) is 0 Å². The molecule has 0 amide bonds. The van der Waals surface area contributed by atoms with Crippen LogP contribution in [0.15, 0.2) is 0 Å². The number of rotatable bonds is 7. The average molecular weight is 231 g/mol. The molecule has 0 fully saturated rings. The summed E-state index contributed by atoms with van der Waals surface area (Å²) in [6.45, 7) is 8.09. The third-order valence-corrected chi connectivity index (χ3v) is 3.34. The van der Waals surface area contributed by atoms with Crippen molar-refractivity contribution in [2.75, 3.05) is 13.7 Å². The Balaban J connectivity index is 4.40. The van der Waals surface area contributed by atoms with Gasteiger partial charge in [-0.05, 0) is 26.7 Å². The van der Waals surface area contributed by atoms with Crippen LogP contribution in [-0.2, 0) is 9.53 Å². The Labute approximate surface area is 98.4 Å². The average Bonchev–Trinajstić information content (AvgIpc) is 2.27. The van der Waals surface area contributed by atoms with Crippen molar-refractivity contribution in [1.82, 2.24) is 5.32 Å². The molecular formula is C12H25NO3. The first kappa shape index (κ1) is 15.4. The van der Waals surface area contributed by atoms with E-state index < -0.39 is 0 Å². The number of hydrogen-bond donors (Lipinski definition) is 2. The molecule has 0 saturated carbocycles. The van der Waals surface area contributed by atoms with E-state index in [4.69, 9.17) is 9.84 Å². The standard InChI is InChI=1S/C12H25NO3/c1-6-12(4,7-8-14)13-10(3)9(2)11(15)16-5/h9-10,13-14H,6-8H2,1-5H3. The van der Waals surface area contributed by atoms with Crippen LogP contribution in [0.3, 0.4) is 0 Å². The lowest BCUT2D eigenvalue weighted by molar-refractivity contribution is -0.145. The molecular weight excluding hydrogens is 206 g/mol. The summed E-state index contributed by atoms with van der Waals surface area (Å²) in [7, 11) is 1.40. The Hall–Kier alpha value is -0.610. The molecule has 0 aromatic heterocycles. The van der Waals surface area contributed by atoms with Crippen LogP contribution < -0.4 is 5.32 Å². The first-order chi connectivity index (χ1) is 7.40. The second-order valence-corrected chi connectivity index (χ2v) is 4.63. The predicted octanol–water partition coefficient (Wildman–Crippen LogP) is 1.32. The minimum absolute atomic E-state index is 0.0314. The number of carbonyl (C=O) groups excluding carboxylic acids is 1. The van der Waals surface area contributed by atoms with Gasteiger partial charge in [0.05, 0.1) is 13.0 Å². The quantitative estimate of drug-likeness (QED) is 0.649. The lowest BCUT2D eigenvalue weighted by Crippen LogP contribution is -2.50. The van der Waals surface area contributed by atoms with Crippen molar-refractivity contribution < 1.29 is 14.6 Å². The maximum absolute atomic E-state index is 11.4. The van der Waals surface area contributed by atoms with Crippen LogP contribution in [-0.4, -0.2) is 36.4 Å². The lowest BCUT2D eigenvalue weighted by Gasteiger charge is -2.34. The zero-order valence-corrected chi connectivity index (χ0v) is 11.0. The molecule has 4 nitrogen and oxygen atoms in total. The summed E-state index contributed by atoms with van der Waals surface area (Å²) >= 11 is 0. The summed E-state index contributed by atoms with van der Waals surface area (Å²) in [6.07, 6.45) is 1.59. The zero-order chi connectivity index (χ0) is 12.8. The number of nitrogens with one attached hydrogen (secondary N) is 1. The Morgan fingerprint density at radius 1 is 1.50 bits per heavy atom. The van der Waals surface area contributed by atoms with E-state index >= 15 is 0 Å². The molecule has 0 aromatic rings. The maximum Gasteiger partial charge on any atom is 0.309 e. The van der Waals surface area contributed by atoms with Gasteiger partial charge in [-0.2, -0.15) is 0 Å². The Morgan fingerprint density at radius 3 is 2.44 bits per heavy atom. The Morgan fingerprint density at radius 2 is 2.06 bits per heavy atom. The fourth-order valence-corrected chi connectivity index (χ4v) is 1.66. The van der Waals surface area contributed by atoms with Gasteiger partial charge >= 0.3 is 5.97 Å². The second kappa shape index (κ2) is 6.86. The molecule has 0 aromatic carbocycles. The predicted molar refractivity (Wildman–Crippen MR) is 64.2 cm³/mol. The minimum Gasteiger partial charge on any atom is -0.469 e. The van der Waals surface area contributed by atoms with E-state index in [0.29, 0.717) is 6.42 Å². The van der Waals surface area contributed by atoms with Crippen LogP contribution in [0.2, 0.25) is 0 Å². The molecule has 0 aliphatic heterocycles. The van der Waals surface area contributed by atoms with Crippen molar-refractivity contribution in [2.45, 2.75) is 52.1 Å². The molecule has 16 heavy (non-hydrogen) atoms. The van der Waals surface area contributed by atoms with E-state index in [1.807, 2.05) is 13.8 Å². The van der Waals surface area contributed by atoms with Gasteiger partial charge in [0, 0.05) is 18.2 Å². The highest BCUT2D eigenvalue weighted by atomic mass is 16.5. The fourth-order valence-electron chi connectivity index (χ4n) is 1.66. The molecule has 2 N–H and O–H groups in total. The molecule has 0 aliphatic rings. The van der Waals surface area contributed by atoms with Crippen molar-refractivity contribution in [3.05, 3.63) is 0 Å². The van der Waals surface area contributed by atoms with Gasteiger partial charge in [-0.15, -0.1) is 0 Å². The molecule has 0 heterocycles. The number of carbonyl (C=O) groups is 1. The largest absolute Gasteiger partial charge is 0.469 e. The summed E-state index contributed by atoms with van der Waals surface area (Å²) in [5, 5.41) is 12.4. The van der Waals surface area contributed by atoms with Gasteiger partial charge in [0.2, 0.25) is 0 Å². The van der Waals surface area contributed by atoms with Crippen molar-refractivity contribution in [3.8, 4) is 0 Å². The van der Waals surface area contributed by atoms with Gasteiger partial charge in [-0.25, -0.2) is 0 Å². The third-order valence-electron chi connectivity index (χ3n) is 3.34. The molecule has 0 spiro atoms. The zero-order valence-electron chi connectivity index (χ0n) is 11.0. The van der Waals surface area contributed by atoms with E-state index in [0.717, 1.165) is 6.42 Å². The monoisotopic (exact) mass is 231 g/mol. The molecule has 0 saturated heterocycles. The van der Waals surface area contributed by atoms with Crippen LogP contribution in [0, 0.1) is 5.92 Å². The van der Waals surface area contributed by atoms with Gasteiger partial charge in [-0.1, -0.05) is 13.8 Å². The summed E-state index contributed by atoms with van der Waals surface area (Å²) in [5.74, 6) is -0.392. The van der Waals surface area contributed by atoms with Crippen molar-refractivity contribution in [1.29, 1.82) is 0 Å². The third kappa shape index (κ3) is 4.49. The molecule has 3 unspecified atom stereocenters. The molecule has 3 atom stereocenters. The van der Waals surface area contributed by atoms with Crippen LogP contribution in [0.4, 0.5) is 0 Å². The number of esters is 1. The van der Waals surface area contributed by atoms with Crippen LogP contribution in [0.1, 0.15) is 40.5 Å². The van der Waals surface area contributed by atoms with E-state index in [-0.39, 0.29) is 30.1 Å². The van der Waals surface area contributed by atoms with Gasteiger partial charge in [-0.3, -0.25) is 4.79 Å². The SMILES string of the molecule is CCC(C)(CCO)NC(C)C(C)C(=O)OC. The van der Waals surface area contributed by atoms with Gasteiger partial charge in [0.15, 0.2) is 0 Å². The number of aliphatic hydroxyl groups is 1. The minimum atomic E-state index is -0.206. The van der Waals surface area contributed by atoms with Crippen LogP contribution in [0.5, 0.6) is 0 Å². The van der Waals surface area contributed by atoms with Crippen LogP contribution in [0.25, 0.3) is 0 Å². The maximum atomic E-state index is 11.4. The molecule has 0 bridgehead atoms. The second-order valence-electron chi connectivity index (χ2n) is 4.63. The van der Waals surface area contributed by atoms with Crippen molar-refractivity contribution in [2.24, 2.45) is 5.92 Å². The van der Waals surface area contributed by atoms with E-state index in [2.05, 4.69) is 19.2 Å². The van der Waals surface area contributed by atoms with Crippen molar-refractivity contribution in [3.63, 3.8) is 0 Å². The number of aliphatic hydroxyl groups excluding tert-OH is 1. The normalized spacial score (nSPS) is 18.6. The van der Waals surface area contributed by atoms with E-state index in [9.17, 15) is 4.79 Å². The molecule has 96 valence electrons. The van der Waals surface area contributed by atoms with Crippen LogP contribution >= 0.6 is 0 Å². The summed E-state index contributed by atoms with van der Waals surface area (Å²) in [4.78, 5) is 11.4. The number of hydrogen-bond acceptors (Lipinski definition) is 4. The van der Waals surface area contributed by atoms with Crippen molar-refractivity contribution >= 4 is 5.97 Å². The van der Waals surface area contributed by atoms with Gasteiger partial charge < -0.3 is 15.2 Å². The summed E-state index contributed by atoms with van der Waals surface area (Å²) in [5.41, 5.74) is -0.129. The molecule has 4 heteroatoms. The Kier molecular flexibility index (Phi) is 6.60. The topological polar surface area (TPSA) is 58.6 Å². The first-order valence-corrected chi connectivity index (χ1v) is 5.86. The highest BCUT2D eigenvalue weighted by Gasteiger charge is 2.28. The lowest BCUT2D eigenvalue weighted by atomic mass is 9.91. The van der Waals surface area contributed by atoms with E-state index in [1.165, 1.54) is 7.11 Å². The highest BCUT2D eigenvalue weighted by molar-refractivity contribution is 5.72. The smallest absolute Gasteiger partial charge is 0.309 e. The summed E-state index contributed by atoms with van der Waals surface area (Å²) in [6, 6.07) is 0.0314. The number of ether oxygens (including phenoxy) is 1. The first-order valence-electron chi connectivity index (χ1n) is 5.86. The van der Waals surface area contributed by atoms with Gasteiger partial charge in [0.1, 0.15) is 0 Å². The Bertz CT molecular complexity index is 220. The number of methoxy groups -OCH3 is 1.